The molecule has 0 spiro atoms. The molecule has 0 aliphatic carbocycles. The van der Waals surface area contributed by atoms with Crippen molar-refractivity contribution in [3.05, 3.63) is 29.8 Å². The summed E-state index contributed by atoms with van der Waals surface area (Å²) in [6.45, 7) is 6.38. The first kappa shape index (κ1) is 14.4. The summed E-state index contributed by atoms with van der Waals surface area (Å²) < 4.78 is 5.65. The van der Waals surface area contributed by atoms with E-state index in [1.165, 1.54) is 17.7 Å². The van der Waals surface area contributed by atoms with Crippen LogP contribution in [0.25, 0.3) is 0 Å². The smallest absolute Gasteiger partial charge is 0.0825 e. The van der Waals surface area contributed by atoms with Gasteiger partial charge in [-0.25, -0.2) is 0 Å². The highest BCUT2D eigenvalue weighted by atomic mass is 16.5. The average Bonchev–Trinajstić information content (AvgIpc) is 2.46. The second-order valence-electron chi connectivity index (χ2n) is 5.79. The Morgan fingerprint density at radius 3 is 2.63 bits per heavy atom. The van der Waals surface area contributed by atoms with Crippen LogP contribution in [0.3, 0.4) is 0 Å². The summed E-state index contributed by atoms with van der Waals surface area (Å²) >= 11 is 0. The molecule has 1 aliphatic heterocycles. The normalized spacial score (nSPS) is 25.4. The van der Waals surface area contributed by atoms with Crippen LogP contribution >= 0.6 is 0 Å². The van der Waals surface area contributed by atoms with Gasteiger partial charge < -0.3 is 15.4 Å². The summed E-state index contributed by atoms with van der Waals surface area (Å²) in [7, 11) is 1.81. The van der Waals surface area contributed by atoms with Crippen LogP contribution in [0.2, 0.25) is 0 Å². The Kier molecular flexibility index (Phi) is 4.48. The number of hydrogen-bond acceptors (Lipinski definition) is 3. The van der Waals surface area contributed by atoms with E-state index in [0.29, 0.717) is 0 Å². The maximum atomic E-state index is 6.05. The van der Waals surface area contributed by atoms with Gasteiger partial charge in [-0.1, -0.05) is 19.1 Å². The van der Waals surface area contributed by atoms with Crippen LogP contribution < -0.4 is 10.6 Å². The summed E-state index contributed by atoms with van der Waals surface area (Å²) in [5.74, 6) is 0. The lowest BCUT2D eigenvalue weighted by molar-refractivity contribution is -0.00465. The van der Waals surface area contributed by atoms with Crippen molar-refractivity contribution >= 4 is 5.69 Å². The van der Waals surface area contributed by atoms with E-state index < -0.39 is 0 Å². The van der Waals surface area contributed by atoms with Gasteiger partial charge in [0.2, 0.25) is 0 Å². The molecule has 3 heteroatoms. The lowest BCUT2D eigenvalue weighted by Gasteiger charge is -2.40. The van der Waals surface area contributed by atoms with Gasteiger partial charge in [-0.2, -0.15) is 0 Å². The summed E-state index contributed by atoms with van der Waals surface area (Å²) in [4.78, 5) is 2.41. The van der Waals surface area contributed by atoms with Crippen molar-refractivity contribution in [1.29, 1.82) is 0 Å². The van der Waals surface area contributed by atoms with Crippen molar-refractivity contribution in [2.75, 3.05) is 25.1 Å². The molecule has 1 saturated heterocycles. The Balaban J connectivity index is 2.09. The number of piperidine rings is 1. The second-order valence-corrected chi connectivity index (χ2v) is 5.79. The molecule has 1 aromatic carbocycles. The number of nitrogens with zero attached hydrogens (tertiary/aromatic N) is 1. The van der Waals surface area contributed by atoms with Crippen molar-refractivity contribution in [1.82, 2.24) is 0 Å². The minimum atomic E-state index is -0.0171. The van der Waals surface area contributed by atoms with Crippen LogP contribution in [-0.2, 0) is 4.74 Å². The van der Waals surface area contributed by atoms with Crippen LogP contribution in [0.5, 0.6) is 0 Å². The Hall–Kier alpha value is -1.06. The van der Waals surface area contributed by atoms with E-state index >= 15 is 0 Å². The number of rotatable bonds is 4. The second kappa shape index (κ2) is 5.93. The quantitative estimate of drug-likeness (QED) is 0.906. The molecule has 1 heterocycles. The van der Waals surface area contributed by atoms with Crippen LogP contribution in [-0.4, -0.2) is 25.8 Å². The van der Waals surface area contributed by atoms with Crippen molar-refractivity contribution in [2.24, 2.45) is 5.73 Å². The standard InChI is InChI=1S/C16H26N2O/c1-4-15(17)13-6-8-14(9-7-13)18-11-5-10-16(2,12-18)19-3/h6-9,15H,4-5,10-12,17H2,1-3H3/t15-,16?/m0/s1. The highest BCUT2D eigenvalue weighted by molar-refractivity contribution is 5.49. The van der Waals surface area contributed by atoms with Gasteiger partial charge in [0.1, 0.15) is 0 Å². The Bertz CT molecular complexity index is 404. The van der Waals surface area contributed by atoms with Gasteiger partial charge in [0.25, 0.3) is 0 Å². The maximum Gasteiger partial charge on any atom is 0.0825 e. The lowest BCUT2D eigenvalue weighted by atomic mass is 9.94. The summed E-state index contributed by atoms with van der Waals surface area (Å²) in [5, 5.41) is 0. The van der Waals surface area contributed by atoms with E-state index in [4.69, 9.17) is 10.5 Å². The molecule has 19 heavy (non-hydrogen) atoms. The molecular formula is C16H26N2O. The molecule has 0 radical (unpaired) electrons. The molecule has 2 atom stereocenters. The molecule has 2 rings (SSSR count). The summed E-state index contributed by atoms with van der Waals surface area (Å²) in [6.07, 6.45) is 3.30. The van der Waals surface area contributed by atoms with E-state index in [1.54, 1.807) is 0 Å². The highest BCUT2D eigenvalue weighted by Gasteiger charge is 2.30. The Morgan fingerprint density at radius 2 is 2.05 bits per heavy atom. The fraction of sp³-hybridized carbons (Fsp3) is 0.625. The zero-order chi connectivity index (χ0) is 13.9. The third-order valence-corrected chi connectivity index (χ3v) is 4.28. The third-order valence-electron chi connectivity index (χ3n) is 4.28. The largest absolute Gasteiger partial charge is 0.377 e. The molecule has 0 saturated carbocycles. The molecule has 3 nitrogen and oxygen atoms in total. The number of nitrogens with two attached hydrogens (primary N) is 1. The SMILES string of the molecule is CC[C@H](N)c1ccc(N2CCCC(C)(OC)C2)cc1. The van der Waals surface area contributed by atoms with Crippen LogP contribution in [0.4, 0.5) is 5.69 Å². The van der Waals surface area contributed by atoms with E-state index in [-0.39, 0.29) is 11.6 Å². The number of ether oxygens (including phenoxy) is 1. The monoisotopic (exact) mass is 262 g/mol. The van der Waals surface area contributed by atoms with Crippen LogP contribution in [0, 0.1) is 0 Å². The predicted octanol–water partition coefficient (Wildman–Crippen LogP) is 3.10. The molecule has 106 valence electrons. The van der Waals surface area contributed by atoms with Gasteiger partial charge in [0.15, 0.2) is 0 Å². The van der Waals surface area contributed by atoms with Crippen molar-refractivity contribution in [3.63, 3.8) is 0 Å². The first-order valence-corrected chi connectivity index (χ1v) is 7.23. The van der Waals surface area contributed by atoms with E-state index in [1.807, 2.05) is 7.11 Å². The topological polar surface area (TPSA) is 38.5 Å². The van der Waals surface area contributed by atoms with Gasteiger partial charge in [0.05, 0.1) is 5.60 Å². The van der Waals surface area contributed by atoms with Gasteiger partial charge in [-0.05, 0) is 43.9 Å². The summed E-state index contributed by atoms with van der Waals surface area (Å²) in [5.41, 5.74) is 8.53. The molecular weight excluding hydrogens is 236 g/mol. The van der Waals surface area contributed by atoms with Gasteiger partial charge in [-0.3, -0.25) is 0 Å². The van der Waals surface area contributed by atoms with Crippen molar-refractivity contribution in [3.8, 4) is 0 Å². The first-order chi connectivity index (χ1) is 9.08. The van der Waals surface area contributed by atoms with Crippen LogP contribution in [0.15, 0.2) is 24.3 Å². The average molecular weight is 262 g/mol. The zero-order valence-electron chi connectivity index (χ0n) is 12.4. The van der Waals surface area contributed by atoms with Gasteiger partial charge in [-0.15, -0.1) is 0 Å². The lowest BCUT2D eigenvalue weighted by Crippen LogP contribution is -2.47. The molecule has 0 bridgehead atoms. The zero-order valence-corrected chi connectivity index (χ0v) is 12.4. The Morgan fingerprint density at radius 1 is 1.37 bits per heavy atom. The van der Waals surface area contributed by atoms with E-state index in [0.717, 1.165) is 25.9 Å². The van der Waals surface area contributed by atoms with Crippen LogP contribution in [0.1, 0.15) is 44.7 Å². The van der Waals surface area contributed by atoms with E-state index in [9.17, 15) is 0 Å². The highest BCUT2D eigenvalue weighted by Crippen LogP contribution is 2.28. The number of anilines is 1. The molecule has 0 aromatic heterocycles. The molecule has 1 aromatic rings. The fourth-order valence-corrected chi connectivity index (χ4v) is 2.76. The molecule has 2 N–H and O–H groups in total. The molecule has 1 unspecified atom stereocenters. The number of hydrogen-bond donors (Lipinski definition) is 1. The molecule has 1 aliphatic rings. The molecule has 0 amide bonds. The van der Waals surface area contributed by atoms with Crippen molar-refractivity contribution in [2.45, 2.75) is 44.8 Å². The van der Waals surface area contributed by atoms with Gasteiger partial charge in [0, 0.05) is 31.9 Å². The Labute approximate surface area is 116 Å². The minimum absolute atomic E-state index is 0.0171. The minimum Gasteiger partial charge on any atom is -0.377 e. The predicted molar refractivity (Wildman–Crippen MR) is 80.5 cm³/mol. The maximum absolute atomic E-state index is 6.05. The van der Waals surface area contributed by atoms with Crippen molar-refractivity contribution < 1.29 is 4.74 Å². The fourth-order valence-electron chi connectivity index (χ4n) is 2.76. The molecule has 1 fully saturated rings. The first-order valence-electron chi connectivity index (χ1n) is 7.23. The van der Waals surface area contributed by atoms with Gasteiger partial charge >= 0.3 is 0 Å². The summed E-state index contributed by atoms with van der Waals surface area (Å²) in [6, 6.07) is 8.84. The van der Waals surface area contributed by atoms with E-state index in [2.05, 4.69) is 43.0 Å². The number of benzene rings is 1. The third kappa shape index (κ3) is 3.28. The number of methoxy groups -OCH3 is 1.